The van der Waals surface area contributed by atoms with Crippen LogP contribution in [-0.4, -0.2) is 33.7 Å². The number of rotatable bonds is 6. The van der Waals surface area contributed by atoms with E-state index in [1.807, 2.05) is 36.6 Å². The van der Waals surface area contributed by atoms with E-state index in [1.165, 1.54) is 11.1 Å². The van der Waals surface area contributed by atoms with Gasteiger partial charge in [-0.3, -0.25) is 14.5 Å². The molecule has 3 amide bonds. The number of carbonyl (C=O) groups excluding carboxylic acids is 3. The third-order valence-corrected chi connectivity index (χ3v) is 6.44. The summed E-state index contributed by atoms with van der Waals surface area (Å²) in [4.78, 5) is 39.9. The Hall–Kier alpha value is -3.15. The smallest absolute Gasteiger partial charge is 0.325 e. The predicted octanol–water partition coefficient (Wildman–Crippen LogP) is 3.43. The zero-order valence-corrected chi connectivity index (χ0v) is 17.7. The summed E-state index contributed by atoms with van der Waals surface area (Å²) >= 11 is 0. The first kappa shape index (κ1) is 20.1. The molecule has 4 rings (SSSR count). The molecule has 156 valence electrons. The third kappa shape index (κ3) is 3.07. The average molecular weight is 405 g/mol. The van der Waals surface area contributed by atoms with Gasteiger partial charge in [0.1, 0.15) is 5.54 Å². The number of urea groups is 1. The van der Waals surface area contributed by atoms with Gasteiger partial charge in [0.05, 0.1) is 6.54 Å². The van der Waals surface area contributed by atoms with Gasteiger partial charge in [-0.15, -0.1) is 6.58 Å². The number of benzene rings is 1. The van der Waals surface area contributed by atoms with Crippen molar-refractivity contribution in [3.8, 4) is 0 Å². The van der Waals surface area contributed by atoms with E-state index in [0.717, 1.165) is 41.1 Å². The zero-order valence-electron chi connectivity index (χ0n) is 17.7. The van der Waals surface area contributed by atoms with Crippen LogP contribution in [0.1, 0.15) is 51.8 Å². The molecule has 1 aromatic carbocycles. The molecule has 1 aliphatic heterocycles. The first-order chi connectivity index (χ1) is 14.3. The quantitative estimate of drug-likeness (QED) is 0.455. The maximum atomic E-state index is 13.2. The Kier molecular flexibility index (Phi) is 4.88. The molecular formula is C24H27N3O3. The van der Waals surface area contributed by atoms with Gasteiger partial charge in [0, 0.05) is 23.5 Å². The monoisotopic (exact) mass is 405 g/mol. The first-order valence-corrected chi connectivity index (χ1v) is 10.3. The average Bonchev–Trinajstić information content (AvgIpc) is 3.35. The molecule has 2 aromatic rings. The van der Waals surface area contributed by atoms with E-state index >= 15 is 0 Å². The number of ketones is 1. The lowest BCUT2D eigenvalue weighted by atomic mass is 9.89. The van der Waals surface area contributed by atoms with Crippen LogP contribution in [0.4, 0.5) is 4.79 Å². The maximum Gasteiger partial charge on any atom is 0.325 e. The largest absolute Gasteiger partial charge is 0.345 e. The molecule has 30 heavy (non-hydrogen) atoms. The van der Waals surface area contributed by atoms with Gasteiger partial charge in [-0.25, -0.2) is 4.79 Å². The van der Waals surface area contributed by atoms with Crippen molar-refractivity contribution >= 4 is 17.7 Å². The molecule has 1 N–H and O–H groups in total. The van der Waals surface area contributed by atoms with Crippen LogP contribution in [-0.2, 0) is 29.7 Å². The van der Waals surface area contributed by atoms with E-state index in [1.54, 1.807) is 19.1 Å². The lowest BCUT2D eigenvalue weighted by Crippen LogP contribution is -2.41. The van der Waals surface area contributed by atoms with Crippen molar-refractivity contribution in [1.82, 2.24) is 14.8 Å². The Morgan fingerprint density at radius 1 is 1.20 bits per heavy atom. The summed E-state index contributed by atoms with van der Waals surface area (Å²) < 4.78 is 1.99. The lowest BCUT2D eigenvalue weighted by molar-refractivity contribution is -0.130. The first-order valence-electron chi connectivity index (χ1n) is 10.3. The van der Waals surface area contributed by atoms with Gasteiger partial charge < -0.3 is 9.88 Å². The number of aromatic nitrogens is 1. The van der Waals surface area contributed by atoms with Gasteiger partial charge in [-0.2, -0.15) is 0 Å². The van der Waals surface area contributed by atoms with E-state index in [9.17, 15) is 14.4 Å². The summed E-state index contributed by atoms with van der Waals surface area (Å²) in [6.45, 7) is 9.58. The van der Waals surface area contributed by atoms with Crippen LogP contribution >= 0.6 is 0 Å². The highest BCUT2D eigenvalue weighted by molar-refractivity contribution is 6.11. The fraction of sp³-hybridized carbons (Fsp3) is 0.375. The van der Waals surface area contributed by atoms with Gasteiger partial charge in [0.2, 0.25) is 0 Å². The second-order valence-corrected chi connectivity index (χ2v) is 8.39. The van der Waals surface area contributed by atoms with E-state index in [-0.39, 0.29) is 12.3 Å². The van der Waals surface area contributed by atoms with Gasteiger partial charge in [0.15, 0.2) is 5.78 Å². The Balaban J connectivity index is 1.58. The van der Waals surface area contributed by atoms with Crippen LogP contribution in [0.25, 0.3) is 0 Å². The number of imide groups is 1. The number of nitrogens with one attached hydrogen (secondary N) is 1. The number of fused-ring (bicyclic) bond motifs is 1. The van der Waals surface area contributed by atoms with Gasteiger partial charge in [-0.05, 0) is 62.8 Å². The molecule has 1 fully saturated rings. The molecule has 2 aliphatic rings. The van der Waals surface area contributed by atoms with Crippen LogP contribution in [0.5, 0.6) is 0 Å². The van der Waals surface area contributed by atoms with Gasteiger partial charge >= 0.3 is 6.03 Å². The minimum atomic E-state index is -1.16. The topological polar surface area (TPSA) is 71.4 Å². The molecule has 0 spiro atoms. The van der Waals surface area contributed by atoms with Crippen LogP contribution < -0.4 is 5.32 Å². The highest BCUT2D eigenvalue weighted by Crippen LogP contribution is 2.32. The Morgan fingerprint density at radius 2 is 1.93 bits per heavy atom. The molecule has 1 aliphatic carbocycles. The fourth-order valence-corrected chi connectivity index (χ4v) is 4.64. The molecule has 0 bridgehead atoms. The molecule has 6 heteroatoms. The number of nitrogens with zero attached hydrogens (tertiary/aromatic N) is 2. The molecule has 1 saturated heterocycles. The molecule has 0 radical (unpaired) electrons. The normalized spacial score (nSPS) is 20.4. The molecule has 0 saturated carbocycles. The van der Waals surface area contributed by atoms with Gasteiger partial charge in [0.25, 0.3) is 5.91 Å². The second kappa shape index (κ2) is 7.27. The molecule has 2 heterocycles. The summed E-state index contributed by atoms with van der Waals surface area (Å²) in [5, 5.41) is 2.81. The molecule has 0 unspecified atom stereocenters. The minimum absolute atomic E-state index is 0.250. The van der Waals surface area contributed by atoms with Crippen molar-refractivity contribution in [1.29, 1.82) is 0 Å². The number of carbonyl (C=O) groups is 3. The van der Waals surface area contributed by atoms with E-state index in [2.05, 4.69) is 11.9 Å². The second-order valence-electron chi connectivity index (χ2n) is 8.39. The minimum Gasteiger partial charge on any atom is -0.345 e. The third-order valence-electron chi connectivity index (χ3n) is 6.44. The van der Waals surface area contributed by atoms with E-state index in [0.29, 0.717) is 12.1 Å². The van der Waals surface area contributed by atoms with E-state index < -0.39 is 17.5 Å². The van der Waals surface area contributed by atoms with Crippen molar-refractivity contribution in [3.63, 3.8) is 0 Å². The number of hydrogen-bond donors (Lipinski definition) is 1. The summed E-state index contributed by atoms with van der Waals surface area (Å²) in [7, 11) is 0. The summed E-state index contributed by atoms with van der Waals surface area (Å²) in [6, 6.07) is 7.26. The van der Waals surface area contributed by atoms with Crippen molar-refractivity contribution in [3.05, 3.63) is 70.6 Å². The standard InChI is InChI=1S/C24H27N3O3/c1-5-11-26-15(2)12-20(16(26)3)21(28)14-27-22(29)24(4,25-23(27)30)19-10-9-17-7-6-8-18(17)13-19/h5,9-10,12-13H,1,6-8,11,14H2,2-4H3,(H,25,30)/t24-/m0/s1. The summed E-state index contributed by atoms with van der Waals surface area (Å²) in [5.41, 5.74) is 4.43. The summed E-state index contributed by atoms with van der Waals surface area (Å²) in [5.74, 6) is -0.640. The highest BCUT2D eigenvalue weighted by atomic mass is 16.2. The Bertz CT molecular complexity index is 1080. The van der Waals surface area contributed by atoms with Crippen molar-refractivity contribution < 1.29 is 14.4 Å². The van der Waals surface area contributed by atoms with Crippen molar-refractivity contribution in [2.45, 2.75) is 52.1 Å². The number of allylic oxidation sites excluding steroid dienone is 1. The Labute approximate surface area is 176 Å². The van der Waals surface area contributed by atoms with Crippen LogP contribution in [0.2, 0.25) is 0 Å². The number of amides is 3. The number of Topliss-reactive ketones (excluding diaryl/α,β-unsaturated/α-hetero) is 1. The zero-order chi connectivity index (χ0) is 21.6. The van der Waals surface area contributed by atoms with Crippen LogP contribution in [0.3, 0.4) is 0 Å². The maximum absolute atomic E-state index is 13.2. The van der Waals surface area contributed by atoms with Crippen LogP contribution in [0.15, 0.2) is 36.9 Å². The van der Waals surface area contributed by atoms with Crippen LogP contribution in [0, 0.1) is 13.8 Å². The highest BCUT2D eigenvalue weighted by Gasteiger charge is 2.49. The van der Waals surface area contributed by atoms with E-state index in [4.69, 9.17) is 0 Å². The number of hydrogen-bond acceptors (Lipinski definition) is 3. The van der Waals surface area contributed by atoms with Crippen molar-refractivity contribution in [2.24, 2.45) is 0 Å². The predicted molar refractivity (Wildman–Crippen MR) is 114 cm³/mol. The molecular weight excluding hydrogens is 378 g/mol. The summed E-state index contributed by atoms with van der Waals surface area (Å²) in [6.07, 6.45) is 4.93. The molecule has 1 aromatic heterocycles. The van der Waals surface area contributed by atoms with Crippen molar-refractivity contribution in [2.75, 3.05) is 6.54 Å². The molecule has 6 nitrogen and oxygen atoms in total. The Morgan fingerprint density at radius 3 is 2.67 bits per heavy atom. The molecule has 1 atom stereocenters. The van der Waals surface area contributed by atoms with Gasteiger partial charge in [-0.1, -0.05) is 24.3 Å². The lowest BCUT2D eigenvalue weighted by Gasteiger charge is -2.23. The number of aryl methyl sites for hydroxylation is 3. The fourth-order valence-electron chi connectivity index (χ4n) is 4.64. The SMILES string of the molecule is C=CCn1c(C)cc(C(=O)CN2C(=O)N[C@@](C)(c3ccc4c(c3)CCC4)C2=O)c1C.